The van der Waals surface area contributed by atoms with Gasteiger partial charge in [0.25, 0.3) is 0 Å². The molecule has 0 saturated carbocycles. The van der Waals surface area contributed by atoms with Gasteiger partial charge in [-0.05, 0) is 78.8 Å². The van der Waals surface area contributed by atoms with Crippen molar-refractivity contribution in [2.75, 3.05) is 6.61 Å². The van der Waals surface area contributed by atoms with E-state index < -0.39 is 11.9 Å². The molecule has 0 unspecified atom stereocenters. The Kier molecular flexibility index (Phi) is 5.17. The Morgan fingerprint density at radius 2 is 1.67 bits per heavy atom. The zero-order valence-electron chi connectivity index (χ0n) is 16.2. The molecule has 0 N–H and O–H groups in total. The van der Waals surface area contributed by atoms with E-state index in [-0.39, 0.29) is 5.41 Å². The normalized spacial score (nSPS) is 14.7. The summed E-state index contributed by atoms with van der Waals surface area (Å²) in [4.78, 5) is 24.2. The molecule has 4 nitrogen and oxygen atoms in total. The summed E-state index contributed by atoms with van der Waals surface area (Å²) in [6.45, 7) is 8.55. The average Bonchev–Trinajstić information content (AvgIpc) is 2.65. The third kappa shape index (κ3) is 3.95. The van der Waals surface area contributed by atoms with Gasteiger partial charge in [0.15, 0.2) is 0 Å². The van der Waals surface area contributed by atoms with Gasteiger partial charge >= 0.3 is 11.9 Å². The molecule has 1 aliphatic rings. The van der Waals surface area contributed by atoms with Crippen molar-refractivity contribution in [1.29, 1.82) is 0 Å². The summed E-state index contributed by atoms with van der Waals surface area (Å²) in [6.07, 6.45) is 3.20. The molecule has 0 saturated heterocycles. The first-order valence-corrected chi connectivity index (χ1v) is 9.13. The van der Waals surface area contributed by atoms with E-state index in [9.17, 15) is 9.59 Å². The predicted molar refractivity (Wildman–Crippen MR) is 105 cm³/mol. The molecule has 0 bridgehead atoms. The topological polar surface area (TPSA) is 52.6 Å². The van der Waals surface area contributed by atoms with Crippen LogP contribution in [-0.4, -0.2) is 18.5 Å². The maximum Gasteiger partial charge on any atom is 0.343 e. The van der Waals surface area contributed by atoms with Crippen LogP contribution in [0.2, 0.25) is 0 Å². The van der Waals surface area contributed by atoms with Crippen LogP contribution in [0, 0.1) is 0 Å². The summed E-state index contributed by atoms with van der Waals surface area (Å²) in [7, 11) is 0. The zero-order chi connectivity index (χ0) is 19.6. The van der Waals surface area contributed by atoms with Gasteiger partial charge in [-0.3, -0.25) is 0 Å². The van der Waals surface area contributed by atoms with Gasteiger partial charge in [-0.2, -0.15) is 0 Å². The van der Waals surface area contributed by atoms with E-state index in [2.05, 4.69) is 26.8 Å². The van der Waals surface area contributed by atoms with Gasteiger partial charge in [-0.25, -0.2) is 9.59 Å². The standard InChI is InChI=1S/C23H24O4/c1-5-26-21(24)16-6-9-18(10-7-16)27-22(25)17-8-11-20-19(14-17)15(2)12-13-23(20,3)4/h6-12,14H,5,13H2,1-4H3. The van der Waals surface area contributed by atoms with Crippen molar-refractivity contribution in [3.8, 4) is 5.75 Å². The summed E-state index contributed by atoms with van der Waals surface area (Å²) < 4.78 is 10.4. The van der Waals surface area contributed by atoms with Crippen LogP contribution in [0.1, 0.15) is 66.0 Å². The summed E-state index contributed by atoms with van der Waals surface area (Å²) in [6, 6.07) is 12.1. The number of hydrogen-bond donors (Lipinski definition) is 0. The molecular formula is C23H24O4. The number of esters is 2. The van der Waals surface area contributed by atoms with Crippen LogP contribution >= 0.6 is 0 Å². The number of fused-ring (bicyclic) bond motifs is 1. The van der Waals surface area contributed by atoms with Gasteiger partial charge in [0.2, 0.25) is 0 Å². The monoisotopic (exact) mass is 364 g/mol. The molecule has 3 rings (SSSR count). The van der Waals surface area contributed by atoms with E-state index in [0.29, 0.717) is 23.5 Å². The Bertz CT molecular complexity index is 904. The quantitative estimate of drug-likeness (QED) is 0.555. The van der Waals surface area contributed by atoms with Crippen LogP contribution in [0.3, 0.4) is 0 Å². The van der Waals surface area contributed by atoms with Crippen molar-refractivity contribution in [2.45, 2.75) is 39.5 Å². The van der Waals surface area contributed by atoms with E-state index in [4.69, 9.17) is 9.47 Å². The summed E-state index contributed by atoms with van der Waals surface area (Å²) in [5.74, 6) is -0.425. The number of carbonyl (C=O) groups excluding carboxylic acids is 2. The SMILES string of the molecule is CCOC(=O)c1ccc(OC(=O)c2ccc3c(c2)C(C)=CCC3(C)C)cc1. The fraction of sp³-hybridized carbons (Fsp3) is 0.304. The molecule has 0 aromatic heterocycles. The molecule has 0 atom stereocenters. The zero-order valence-corrected chi connectivity index (χ0v) is 16.2. The third-order valence-electron chi connectivity index (χ3n) is 4.90. The molecule has 2 aromatic rings. The van der Waals surface area contributed by atoms with Crippen LogP contribution in [0.5, 0.6) is 5.75 Å². The lowest BCUT2D eigenvalue weighted by atomic mass is 9.73. The highest BCUT2D eigenvalue weighted by molar-refractivity contribution is 5.93. The van der Waals surface area contributed by atoms with E-state index in [1.54, 1.807) is 31.2 Å². The number of benzene rings is 2. The number of hydrogen-bond acceptors (Lipinski definition) is 4. The first-order valence-electron chi connectivity index (χ1n) is 9.13. The van der Waals surface area contributed by atoms with Crippen molar-refractivity contribution < 1.29 is 19.1 Å². The molecule has 140 valence electrons. The summed E-state index contributed by atoms with van der Waals surface area (Å²) in [5.41, 5.74) is 4.51. The van der Waals surface area contributed by atoms with Gasteiger partial charge in [-0.1, -0.05) is 26.0 Å². The van der Waals surface area contributed by atoms with Crippen molar-refractivity contribution in [3.63, 3.8) is 0 Å². The Balaban J connectivity index is 1.79. The maximum absolute atomic E-state index is 12.6. The largest absolute Gasteiger partial charge is 0.462 e. The first-order chi connectivity index (χ1) is 12.8. The molecule has 0 radical (unpaired) electrons. The Morgan fingerprint density at radius 1 is 1.00 bits per heavy atom. The first kappa shape index (κ1) is 18.9. The smallest absolute Gasteiger partial charge is 0.343 e. The van der Waals surface area contributed by atoms with Crippen molar-refractivity contribution in [2.24, 2.45) is 0 Å². The Hall–Kier alpha value is -2.88. The average molecular weight is 364 g/mol. The number of rotatable bonds is 4. The van der Waals surface area contributed by atoms with Gasteiger partial charge < -0.3 is 9.47 Å². The van der Waals surface area contributed by atoms with E-state index in [0.717, 1.165) is 12.0 Å². The van der Waals surface area contributed by atoms with Crippen LogP contribution in [0.4, 0.5) is 0 Å². The van der Waals surface area contributed by atoms with Crippen LogP contribution in [0.25, 0.3) is 5.57 Å². The Labute approximate surface area is 159 Å². The fourth-order valence-corrected chi connectivity index (χ4v) is 3.26. The van der Waals surface area contributed by atoms with Crippen molar-refractivity contribution >= 4 is 17.5 Å². The van der Waals surface area contributed by atoms with E-state index >= 15 is 0 Å². The number of ether oxygens (including phenoxy) is 2. The molecule has 0 amide bonds. The second kappa shape index (κ2) is 7.39. The molecule has 0 heterocycles. The van der Waals surface area contributed by atoms with Gasteiger partial charge in [0.05, 0.1) is 17.7 Å². The lowest BCUT2D eigenvalue weighted by molar-refractivity contribution is 0.0526. The molecule has 4 heteroatoms. The van der Waals surface area contributed by atoms with Crippen molar-refractivity contribution in [1.82, 2.24) is 0 Å². The minimum atomic E-state index is -0.419. The summed E-state index contributed by atoms with van der Waals surface area (Å²) in [5, 5.41) is 0. The number of allylic oxidation sites excluding steroid dienone is 2. The van der Waals surface area contributed by atoms with E-state index in [1.165, 1.54) is 11.1 Å². The molecular weight excluding hydrogens is 340 g/mol. The number of carbonyl (C=O) groups is 2. The minimum absolute atomic E-state index is 0.0558. The van der Waals surface area contributed by atoms with Gasteiger partial charge in [0.1, 0.15) is 5.75 Å². The van der Waals surface area contributed by atoms with Crippen LogP contribution in [0.15, 0.2) is 48.5 Å². The minimum Gasteiger partial charge on any atom is -0.462 e. The second-order valence-electron chi connectivity index (χ2n) is 7.37. The molecule has 27 heavy (non-hydrogen) atoms. The Morgan fingerprint density at radius 3 is 2.33 bits per heavy atom. The third-order valence-corrected chi connectivity index (χ3v) is 4.90. The van der Waals surface area contributed by atoms with E-state index in [1.807, 2.05) is 18.2 Å². The second-order valence-corrected chi connectivity index (χ2v) is 7.37. The van der Waals surface area contributed by atoms with Crippen LogP contribution in [-0.2, 0) is 10.2 Å². The highest BCUT2D eigenvalue weighted by Gasteiger charge is 2.27. The fourth-order valence-electron chi connectivity index (χ4n) is 3.26. The molecule has 0 spiro atoms. The maximum atomic E-state index is 12.6. The predicted octanol–water partition coefficient (Wildman–Crippen LogP) is 5.17. The highest BCUT2D eigenvalue weighted by Crippen LogP contribution is 2.39. The highest BCUT2D eigenvalue weighted by atomic mass is 16.5. The van der Waals surface area contributed by atoms with Gasteiger partial charge in [-0.15, -0.1) is 0 Å². The molecule has 1 aliphatic carbocycles. The molecule has 0 fully saturated rings. The summed E-state index contributed by atoms with van der Waals surface area (Å²) >= 11 is 0. The molecule has 2 aromatic carbocycles. The molecule has 0 aliphatic heterocycles. The van der Waals surface area contributed by atoms with Crippen molar-refractivity contribution in [3.05, 3.63) is 70.8 Å². The lowest BCUT2D eigenvalue weighted by Gasteiger charge is -2.31. The van der Waals surface area contributed by atoms with Gasteiger partial charge in [0, 0.05) is 0 Å². The lowest BCUT2D eigenvalue weighted by Crippen LogP contribution is -2.22. The van der Waals surface area contributed by atoms with Crippen LogP contribution < -0.4 is 4.74 Å².